The van der Waals surface area contributed by atoms with Crippen LogP contribution in [0.25, 0.3) is 17.4 Å². The Morgan fingerprint density at radius 1 is 1.33 bits per heavy atom. The molecule has 1 aromatic carbocycles. The van der Waals surface area contributed by atoms with Crippen LogP contribution in [0.2, 0.25) is 0 Å². The molecule has 0 radical (unpaired) electrons. The lowest BCUT2D eigenvalue weighted by Crippen LogP contribution is -2.04. The third-order valence-corrected chi connectivity index (χ3v) is 2.99. The van der Waals surface area contributed by atoms with Crippen LogP contribution in [0.4, 0.5) is 0 Å². The van der Waals surface area contributed by atoms with Crippen molar-refractivity contribution in [2.45, 2.75) is 6.92 Å². The van der Waals surface area contributed by atoms with E-state index in [1.807, 2.05) is 31.2 Å². The number of furan rings is 1. The smallest absolute Gasteiger partial charge is 0.241 e. The third kappa shape index (κ3) is 2.90. The second-order valence-corrected chi connectivity index (χ2v) is 4.81. The second kappa shape index (κ2) is 5.23. The lowest BCUT2D eigenvalue weighted by molar-refractivity contribution is -0.113. The Bertz CT molecular complexity index is 614. The van der Waals surface area contributed by atoms with Crippen molar-refractivity contribution in [2.24, 2.45) is 5.73 Å². The molecule has 2 rings (SSSR count). The molecule has 92 valence electrons. The fraction of sp³-hybridized carbons (Fsp3) is 0.0714. The van der Waals surface area contributed by atoms with E-state index in [2.05, 4.69) is 15.9 Å². The van der Waals surface area contributed by atoms with Crippen molar-refractivity contribution in [2.75, 3.05) is 0 Å². The monoisotopic (exact) mass is 305 g/mol. The predicted octanol–water partition coefficient (Wildman–Crippen LogP) is 3.52. The van der Waals surface area contributed by atoms with Gasteiger partial charge in [0, 0.05) is 16.1 Å². The molecule has 0 aliphatic carbocycles. The van der Waals surface area contributed by atoms with E-state index in [0.717, 1.165) is 21.4 Å². The maximum atomic E-state index is 10.6. The molecule has 0 bridgehead atoms. The number of amides is 1. The summed E-state index contributed by atoms with van der Waals surface area (Å²) in [7, 11) is 0. The number of benzene rings is 1. The van der Waals surface area contributed by atoms with E-state index in [1.165, 1.54) is 6.08 Å². The first kappa shape index (κ1) is 12.6. The Kier molecular flexibility index (Phi) is 3.67. The molecule has 1 aromatic heterocycles. The average Bonchev–Trinajstić information content (AvgIpc) is 2.75. The molecule has 0 aliphatic heterocycles. The molecular formula is C14H12BrNO2. The Morgan fingerprint density at radius 3 is 2.78 bits per heavy atom. The fourth-order valence-corrected chi connectivity index (χ4v) is 2.13. The molecule has 2 N–H and O–H groups in total. The third-order valence-electron chi connectivity index (χ3n) is 2.49. The molecule has 0 unspecified atom stereocenters. The molecule has 0 aliphatic rings. The van der Waals surface area contributed by atoms with E-state index in [-0.39, 0.29) is 0 Å². The Balaban J connectivity index is 2.32. The van der Waals surface area contributed by atoms with Gasteiger partial charge in [0.2, 0.25) is 5.91 Å². The number of hydrogen-bond acceptors (Lipinski definition) is 2. The van der Waals surface area contributed by atoms with Gasteiger partial charge in [0.15, 0.2) is 0 Å². The van der Waals surface area contributed by atoms with Gasteiger partial charge in [-0.1, -0.05) is 15.9 Å². The quantitative estimate of drug-likeness (QED) is 0.882. The molecule has 0 atom stereocenters. The van der Waals surface area contributed by atoms with E-state index < -0.39 is 5.91 Å². The molecule has 0 saturated heterocycles. The first-order valence-corrected chi connectivity index (χ1v) is 6.19. The number of rotatable bonds is 3. The highest BCUT2D eigenvalue weighted by Gasteiger charge is 2.06. The first-order chi connectivity index (χ1) is 8.56. The summed E-state index contributed by atoms with van der Waals surface area (Å²) in [6.45, 7) is 2.02. The lowest BCUT2D eigenvalue weighted by Gasteiger charge is -2.02. The number of primary amides is 1. The lowest BCUT2D eigenvalue weighted by atomic mass is 10.1. The molecule has 18 heavy (non-hydrogen) atoms. The zero-order chi connectivity index (χ0) is 13.1. The largest absolute Gasteiger partial charge is 0.457 e. The van der Waals surface area contributed by atoms with Gasteiger partial charge in [0.05, 0.1) is 0 Å². The maximum absolute atomic E-state index is 10.6. The highest BCUT2D eigenvalue weighted by Crippen LogP contribution is 2.28. The van der Waals surface area contributed by atoms with E-state index in [4.69, 9.17) is 10.2 Å². The topological polar surface area (TPSA) is 56.2 Å². The number of hydrogen-bond donors (Lipinski definition) is 1. The number of carbonyl (C=O) groups is 1. The minimum atomic E-state index is -0.493. The highest BCUT2D eigenvalue weighted by atomic mass is 79.9. The highest BCUT2D eigenvalue weighted by molar-refractivity contribution is 9.10. The van der Waals surface area contributed by atoms with Gasteiger partial charge in [-0.2, -0.15) is 0 Å². The van der Waals surface area contributed by atoms with Gasteiger partial charge >= 0.3 is 0 Å². The van der Waals surface area contributed by atoms with E-state index in [0.29, 0.717) is 5.76 Å². The van der Waals surface area contributed by atoms with E-state index in [1.54, 1.807) is 12.1 Å². The maximum Gasteiger partial charge on any atom is 0.241 e. The molecule has 0 spiro atoms. The predicted molar refractivity (Wildman–Crippen MR) is 74.8 cm³/mol. The Hall–Kier alpha value is -1.81. The van der Waals surface area contributed by atoms with Gasteiger partial charge in [-0.25, -0.2) is 0 Å². The van der Waals surface area contributed by atoms with Gasteiger partial charge in [-0.15, -0.1) is 0 Å². The fourth-order valence-electron chi connectivity index (χ4n) is 1.65. The van der Waals surface area contributed by atoms with Gasteiger partial charge < -0.3 is 10.2 Å². The average molecular weight is 306 g/mol. The van der Waals surface area contributed by atoms with Gasteiger partial charge in [0.1, 0.15) is 11.5 Å². The Morgan fingerprint density at radius 2 is 2.11 bits per heavy atom. The summed E-state index contributed by atoms with van der Waals surface area (Å²) in [6.07, 6.45) is 2.83. The molecule has 1 amide bonds. The van der Waals surface area contributed by atoms with Gasteiger partial charge in [-0.3, -0.25) is 4.79 Å². The molecule has 1 heterocycles. The number of carbonyl (C=O) groups excluding carboxylic acids is 1. The minimum absolute atomic E-state index is 0.493. The van der Waals surface area contributed by atoms with Crippen molar-refractivity contribution in [3.8, 4) is 11.3 Å². The molecule has 3 nitrogen and oxygen atoms in total. The van der Waals surface area contributed by atoms with Crippen LogP contribution in [0.1, 0.15) is 11.3 Å². The number of halogens is 1. The van der Waals surface area contributed by atoms with Crippen LogP contribution in [-0.2, 0) is 4.79 Å². The van der Waals surface area contributed by atoms with Gasteiger partial charge in [-0.05, 0) is 48.9 Å². The zero-order valence-corrected chi connectivity index (χ0v) is 11.4. The van der Waals surface area contributed by atoms with Crippen molar-refractivity contribution in [3.63, 3.8) is 0 Å². The van der Waals surface area contributed by atoms with Crippen LogP contribution in [0.5, 0.6) is 0 Å². The van der Waals surface area contributed by atoms with E-state index in [9.17, 15) is 4.79 Å². The van der Waals surface area contributed by atoms with Crippen LogP contribution >= 0.6 is 15.9 Å². The molecule has 0 saturated carbocycles. The van der Waals surface area contributed by atoms with Crippen LogP contribution in [0, 0.1) is 6.92 Å². The zero-order valence-electron chi connectivity index (χ0n) is 9.81. The van der Waals surface area contributed by atoms with Crippen LogP contribution in [-0.4, -0.2) is 5.91 Å². The summed E-state index contributed by atoms with van der Waals surface area (Å²) in [5.41, 5.74) is 7.17. The number of aryl methyl sites for hydroxylation is 1. The molecule has 0 fully saturated rings. The summed E-state index contributed by atoms with van der Waals surface area (Å²) < 4.78 is 6.66. The van der Waals surface area contributed by atoms with Crippen LogP contribution < -0.4 is 5.73 Å². The van der Waals surface area contributed by atoms with Crippen molar-refractivity contribution in [3.05, 3.63) is 52.2 Å². The summed E-state index contributed by atoms with van der Waals surface area (Å²) >= 11 is 3.42. The van der Waals surface area contributed by atoms with Crippen molar-refractivity contribution in [1.82, 2.24) is 0 Å². The molecule has 4 heteroatoms. The molecular weight excluding hydrogens is 294 g/mol. The molecule has 2 aromatic rings. The van der Waals surface area contributed by atoms with E-state index >= 15 is 0 Å². The summed E-state index contributed by atoms with van der Waals surface area (Å²) in [5, 5.41) is 0. The Labute approximate surface area is 113 Å². The first-order valence-electron chi connectivity index (χ1n) is 5.40. The minimum Gasteiger partial charge on any atom is -0.457 e. The second-order valence-electron chi connectivity index (χ2n) is 3.90. The summed E-state index contributed by atoms with van der Waals surface area (Å²) in [5.74, 6) is 0.878. The van der Waals surface area contributed by atoms with Crippen molar-refractivity contribution >= 4 is 27.9 Å². The van der Waals surface area contributed by atoms with Gasteiger partial charge in [0.25, 0.3) is 0 Å². The van der Waals surface area contributed by atoms with Crippen LogP contribution in [0.3, 0.4) is 0 Å². The normalized spacial score (nSPS) is 11.0. The van der Waals surface area contributed by atoms with Crippen LogP contribution in [0.15, 0.2) is 45.3 Å². The van der Waals surface area contributed by atoms with Crippen molar-refractivity contribution in [1.29, 1.82) is 0 Å². The standard InChI is InChI=1S/C14H12BrNO2/c1-9-8-10(15)2-5-12(9)13-6-3-11(18-13)4-7-14(16)17/h2-8H,1H3,(H2,16,17)/b7-4+. The SMILES string of the molecule is Cc1cc(Br)ccc1-c1ccc(/C=C/C(N)=O)o1. The summed E-state index contributed by atoms with van der Waals surface area (Å²) in [4.78, 5) is 10.6. The van der Waals surface area contributed by atoms with Crippen molar-refractivity contribution < 1.29 is 9.21 Å². The summed E-state index contributed by atoms with van der Waals surface area (Å²) in [6, 6.07) is 9.65. The number of nitrogens with two attached hydrogens (primary N) is 1.